The van der Waals surface area contributed by atoms with Crippen molar-refractivity contribution in [2.75, 3.05) is 0 Å². The van der Waals surface area contributed by atoms with E-state index in [2.05, 4.69) is 15.0 Å². The van der Waals surface area contributed by atoms with E-state index in [-0.39, 0.29) is 5.56 Å². The van der Waals surface area contributed by atoms with Gasteiger partial charge in [0.25, 0.3) is 5.56 Å². The topological polar surface area (TPSA) is 60.2 Å². The molecule has 0 amide bonds. The number of hydrogen-bond acceptors (Lipinski definition) is 4. The summed E-state index contributed by atoms with van der Waals surface area (Å²) in [6, 6.07) is 9.46. The number of hydrogen-bond donors (Lipinski definition) is 0. The molecule has 5 heteroatoms. The minimum atomic E-state index is -0.115. The maximum absolute atomic E-state index is 12.5. The molecule has 0 unspecified atom stereocenters. The molecular weight excluding hydrogens is 240 g/mol. The van der Waals surface area contributed by atoms with E-state index in [0.29, 0.717) is 16.7 Å². The van der Waals surface area contributed by atoms with Crippen LogP contribution in [-0.4, -0.2) is 19.4 Å². The van der Waals surface area contributed by atoms with Crippen molar-refractivity contribution in [3.8, 4) is 11.3 Å². The molecule has 5 nitrogen and oxygen atoms in total. The van der Waals surface area contributed by atoms with Crippen LogP contribution < -0.4 is 5.56 Å². The second-order valence-corrected chi connectivity index (χ2v) is 4.24. The van der Waals surface area contributed by atoms with Crippen LogP contribution in [0.4, 0.5) is 0 Å². The van der Waals surface area contributed by atoms with Gasteiger partial charge in [-0.25, -0.2) is 9.97 Å². The van der Waals surface area contributed by atoms with Gasteiger partial charge in [-0.15, -0.1) is 0 Å². The summed E-state index contributed by atoms with van der Waals surface area (Å²) in [4.78, 5) is 25.3. The molecule has 0 spiro atoms. The Morgan fingerprint density at radius 3 is 2.89 bits per heavy atom. The highest BCUT2D eigenvalue weighted by Crippen LogP contribution is 2.26. The Morgan fingerprint density at radius 2 is 1.95 bits per heavy atom. The van der Waals surface area contributed by atoms with E-state index in [0.717, 1.165) is 11.3 Å². The highest BCUT2D eigenvalue weighted by molar-refractivity contribution is 5.95. The van der Waals surface area contributed by atoms with Crippen molar-refractivity contribution >= 4 is 16.7 Å². The average molecular weight is 248 g/mol. The SMILES string of the molecule is O=c1c2c3cccccc-3nc2nc2cnccn12. The van der Waals surface area contributed by atoms with E-state index < -0.39 is 0 Å². The molecular formula is C14H8N4O. The molecule has 0 saturated heterocycles. The summed E-state index contributed by atoms with van der Waals surface area (Å²) in [5.41, 5.74) is 2.46. The predicted octanol–water partition coefficient (Wildman–Crippen LogP) is 1.74. The Balaban J connectivity index is 2.31. The summed E-state index contributed by atoms with van der Waals surface area (Å²) in [6.45, 7) is 0. The first kappa shape index (κ1) is 10.1. The van der Waals surface area contributed by atoms with Gasteiger partial charge >= 0.3 is 0 Å². The van der Waals surface area contributed by atoms with Crippen LogP contribution in [0.2, 0.25) is 0 Å². The lowest BCUT2D eigenvalue weighted by Gasteiger charge is -1.98. The maximum Gasteiger partial charge on any atom is 0.268 e. The fraction of sp³-hybridized carbons (Fsp3) is 0. The van der Waals surface area contributed by atoms with Crippen LogP contribution in [0.5, 0.6) is 0 Å². The lowest BCUT2D eigenvalue weighted by atomic mass is 10.2. The van der Waals surface area contributed by atoms with Crippen LogP contribution in [0.15, 0.2) is 53.7 Å². The summed E-state index contributed by atoms with van der Waals surface area (Å²) in [6.07, 6.45) is 4.74. The van der Waals surface area contributed by atoms with Crippen molar-refractivity contribution in [3.63, 3.8) is 0 Å². The average Bonchev–Trinajstić information content (AvgIpc) is 2.62. The quantitative estimate of drug-likeness (QED) is 0.475. The Hall–Kier alpha value is -2.82. The number of aromatic nitrogens is 4. The summed E-state index contributed by atoms with van der Waals surface area (Å²) < 4.78 is 1.49. The van der Waals surface area contributed by atoms with Crippen LogP contribution in [0.1, 0.15) is 0 Å². The summed E-state index contributed by atoms with van der Waals surface area (Å²) in [5.74, 6) is 0. The minimum absolute atomic E-state index is 0.115. The van der Waals surface area contributed by atoms with Crippen molar-refractivity contribution in [1.29, 1.82) is 0 Å². The van der Waals surface area contributed by atoms with Gasteiger partial charge in [-0.2, -0.15) is 0 Å². The minimum Gasteiger partial charge on any atom is -0.268 e. The smallest absolute Gasteiger partial charge is 0.268 e. The first-order valence-corrected chi connectivity index (χ1v) is 5.85. The van der Waals surface area contributed by atoms with Gasteiger partial charge in [0.2, 0.25) is 0 Å². The number of rotatable bonds is 0. The largest absolute Gasteiger partial charge is 0.268 e. The van der Waals surface area contributed by atoms with Crippen LogP contribution in [0.25, 0.3) is 27.9 Å². The zero-order valence-electron chi connectivity index (χ0n) is 9.82. The third-order valence-electron chi connectivity index (χ3n) is 3.13. The standard InChI is InChI=1S/C14H8N4O/c19-14-12-9-4-2-1-3-5-10(9)16-13(12)17-11-8-15-6-7-18(11)14/h1-8H. The van der Waals surface area contributed by atoms with Gasteiger partial charge in [-0.3, -0.25) is 14.2 Å². The van der Waals surface area contributed by atoms with E-state index in [4.69, 9.17) is 0 Å². The van der Waals surface area contributed by atoms with Crippen LogP contribution in [0, 0.1) is 0 Å². The first-order valence-electron chi connectivity index (χ1n) is 5.85. The maximum atomic E-state index is 12.5. The van der Waals surface area contributed by atoms with Gasteiger partial charge in [0.1, 0.15) is 0 Å². The second kappa shape index (κ2) is 3.58. The van der Waals surface area contributed by atoms with Gasteiger partial charge in [0.05, 0.1) is 17.3 Å². The fourth-order valence-electron chi connectivity index (χ4n) is 2.27. The molecule has 90 valence electrons. The Labute approximate surface area is 107 Å². The van der Waals surface area contributed by atoms with E-state index in [1.165, 1.54) is 4.40 Å². The fourth-order valence-corrected chi connectivity index (χ4v) is 2.27. The third kappa shape index (κ3) is 1.35. The Bertz CT molecular complexity index is 945. The van der Waals surface area contributed by atoms with Gasteiger partial charge in [-0.1, -0.05) is 24.3 Å². The van der Waals surface area contributed by atoms with Gasteiger partial charge in [-0.05, 0) is 6.07 Å². The van der Waals surface area contributed by atoms with Crippen molar-refractivity contribution in [1.82, 2.24) is 19.4 Å². The molecule has 4 rings (SSSR count). The predicted molar refractivity (Wildman–Crippen MR) is 71.2 cm³/mol. The molecule has 0 bridgehead atoms. The summed E-state index contributed by atoms with van der Waals surface area (Å²) >= 11 is 0. The lowest BCUT2D eigenvalue weighted by Crippen LogP contribution is -2.14. The highest BCUT2D eigenvalue weighted by Gasteiger charge is 2.16. The highest BCUT2D eigenvalue weighted by atomic mass is 16.1. The lowest BCUT2D eigenvalue weighted by molar-refractivity contribution is 1.04. The zero-order valence-corrected chi connectivity index (χ0v) is 9.82. The summed E-state index contributed by atoms with van der Waals surface area (Å²) in [7, 11) is 0. The van der Waals surface area contributed by atoms with Gasteiger partial charge in [0, 0.05) is 18.0 Å². The molecule has 19 heavy (non-hydrogen) atoms. The number of nitrogens with zero attached hydrogens (tertiary/aromatic N) is 4. The van der Waals surface area contributed by atoms with Crippen molar-refractivity contribution in [2.45, 2.75) is 0 Å². The van der Waals surface area contributed by atoms with E-state index >= 15 is 0 Å². The van der Waals surface area contributed by atoms with Crippen LogP contribution in [-0.2, 0) is 0 Å². The molecule has 2 aromatic heterocycles. The molecule has 1 aliphatic carbocycles. The van der Waals surface area contributed by atoms with E-state index in [1.54, 1.807) is 18.6 Å². The molecule has 2 aromatic rings. The molecule has 0 aromatic carbocycles. The van der Waals surface area contributed by atoms with E-state index in [1.807, 2.05) is 30.3 Å². The Morgan fingerprint density at radius 1 is 1.05 bits per heavy atom. The molecule has 0 fully saturated rings. The first-order chi connectivity index (χ1) is 9.34. The van der Waals surface area contributed by atoms with E-state index in [9.17, 15) is 4.79 Å². The second-order valence-electron chi connectivity index (χ2n) is 4.24. The normalized spacial score (nSPS) is 11.4. The molecule has 0 N–H and O–H groups in total. The zero-order chi connectivity index (χ0) is 12.8. The third-order valence-corrected chi connectivity index (χ3v) is 3.13. The Kier molecular flexibility index (Phi) is 1.91. The van der Waals surface area contributed by atoms with Gasteiger partial charge < -0.3 is 0 Å². The number of fused-ring (bicyclic) bond motifs is 4. The van der Waals surface area contributed by atoms with Crippen LogP contribution >= 0.6 is 0 Å². The van der Waals surface area contributed by atoms with Crippen molar-refractivity contribution in [3.05, 3.63) is 59.3 Å². The van der Waals surface area contributed by atoms with Crippen molar-refractivity contribution in [2.24, 2.45) is 0 Å². The van der Waals surface area contributed by atoms with Crippen molar-refractivity contribution < 1.29 is 0 Å². The van der Waals surface area contributed by atoms with Gasteiger partial charge in [0.15, 0.2) is 11.3 Å². The van der Waals surface area contributed by atoms with Crippen LogP contribution in [0.3, 0.4) is 0 Å². The molecule has 0 saturated carbocycles. The molecule has 0 radical (unpaired) electrons. The molecule has 2 aliphatic rings. The molecule has 3 heterocycles. The summed E-state index contributed by atoms with van der Waals surface area (Å²) in [5, 5.41) is 0.551. The monoisotopic (exact) mass is 248 g/mol. The molecule has 0 atom stereocenters. The molecule has 1 aliphatic heterocycles.